The number of rotatable bonds is 15. The minimum atomic E-state index is -1.44. The van der Waals surface area contributed by atoms with Crippen LogP contribution in [0.25, 0.3) is 0 Å². The monoisotopic (exact) mass is 495 g/mol. The number of nitrogens with one attached hydrogen (secondary N) is 4. The zero-order chi connectivity index (χ0) is 26.7. The molecule has 0 aromatic carbocycles. The van der Waals surface area contributed by atoms with E-state index in [0.29, 0.717) is 12.1 Å². The van der Waals surface area contributed by atoms with Crippen molar-refractivity contribution in [1.82, 2.24) is 25.9 Å². The Balaban J connectivity index is 2.98. The van der Waals surface area contributed by atoms with E-state index < -0.39 is 60.2 Å². The maximum atomic E-state index is 13.0. The number of carbonyl (C=O) groups excluding carboxylic acids is 4. The number of hydrogen-bond donors (Lipinski definition) is 7. The first-order chi connectivity index (χ1) is 16.3. The molecule has 0 radical (unpaired) electrons. The molecule has 196 valence electrons. The summed E-state index contributed by atoms with van der Waals surface area (Å²) in [5, 5.41) is 16.8. The summed E-state index contributed by atoms with van der Waals surface area (Å²) in [6.07, 6.45) is 2.77. The molecule has 0 fully saturated rings. The van der Waals surface area contributed by atoms with Crippen LogP contribution in [-0.2, 0) is 30.4 Å². The molecule has 1 heterocycles. The summed E-state index contributed by atoms with van der Waals surface area (Å²) in [7, 11) is 0. The van der Waals surface area contributed by atoms with Crippen LogP contribution in [0, 0.1) is 11.8 Å². The van der Waals surface area contributed by atoms with Crippen LogP contribution in [0.4, 0.5) is 0 Å². The molecule has 4 amide bonds. The topological polar surface area (TPSA) is 222 Å². The fourth-order valence-electron chi connectivity index (χ4n) is 3.37. The van der Waals surface area contributed by atoms with Gasteiger partial charge in [0.15, 0.2) is 0 Å². The minimum Gasteiger partial charge on any atom is -0.480 e. The number of primary amides is 1. The Morgan fingerprint density at radius 2 is 1.46 bits per heavy atom. The molecule has 1 aromatic heterocycles. The van der Waals surface area contributed by atoms with Gasteiger partial charge in [-0.2, -0.15) is 0 Å². The Hall–Kier alpha value is -3.48. The molecular weight excluding hydrogens is 458 g/mol. The molecule has 0 aliphatic carbocycles. The van der Waals surface area contributed by atoms with Gasteiger partial charge >= 0.3 is 5.97 Å². The fraction of sp³-hybridized carbons (Fsp3) is 0.636. The third-order valence-corrected chi connectivity index (χ3v) is 5.03. The molecule has 4 atom stereocenters. The van der Waals surface area contributed by atoms with Gasteiger partial charge in [-0.1, -0.05) is 27.7 Å². The summed E-state index contributed by atoms with van der Waals surface area (Å²) in [6, 6.07) is -4.64. The zero-order valence-corrected chi connectivity index (χ0v) is 20.5. The van der Waals surface area contributed by atoms with E-state index in [-0.39, 0.29) is 24.7 Å². The molecular formula is C22H37N7O6. The van der Waals surface area contributed by atoms with Crippen LogP contribution in [-0.4, -0.2) is 68.8 Å². The van der Waals surface area contributed by atoms with Gasteiger partial charge in [0.1, 0.15) is 18.1 Å². The van der Waals surface area contributed by atoms with Crippen molar-refractivity contribution in [1.29, 1.82) is 0 Å². The number of carbonyl (C=O) groups is 5. The average Bonchev–Trinajstić information content (AvgIpc) is 3.24. The Morgan fingerprint density at radius 1 is 0.914 bits per heavy atom. The second-order valence-corrected chi connectivity index (χ2v) is 9.34. The summed E-state index contributed by atoms with van der Waals surface area (Å²) in [6.45, 7) is 7.52. The van der Waals surface area contributed by atoms with Gasteiger partial charge in [-0.15, -0.1) is 0 Å². The van der Waals surface area contributed by atoms with Crippen molar-refractivity contribution >= 4 is 29.6 Å². The number of aromatic nitrogens is 2. The van der Waals surface area contributed by atoms with Crippen LogP contribution in [0.1, 0.15) is 52.7 Å². The first-order valence-corrected chi connectivity index (χ1v) is 11.4. The Labute approximate surface area is 204 Å². The number of carboxylic acids is 1. The molecule has 0 saturated carbocycles. The lowest BCUT2D eigenvalue weighted by Gasteiger charge is -2.25. The largest absolute Gasteiger partial charge is 0.480 e. The molecule has 35 heavy (non-hydrogen) atoms. The molecule has 0 aliphatic rings. The number of amides is 4. The van der Waals surface area contributed by atoms with Gasteiger partial charge in [0.2, 0.25) is 23.6 Å². The quantitative estimate of drug-likeness (QED) is 0.156. The lowest BCUT2D eigenvalue weighted by Crippen LogP contribution is -2.58. The summed E-state index contributed by atoms with van der Waals surface area (Å²) >= 11 is 0. The van der Waals surface area contributed by atoms with Crippen LogP contribution >= 0.6 is 0 Å². The summed E-state index contributed by atoms with van der Waals surface area (Å²) in [4.78, 5) is 68.1. The lowest BCUT2D eigenvalue weighted by atomic mass is 10.00. The highest BCUT2D eigenvalue weighted by Gasteiger charge is 2.31. The summed E-state index contributed by atoms with van der Waals surface area (Å²) in [5.74, 6) is -4.17. The molecule has 9 N–H and O–H groups in total. The number of nitrogens with zero attached hydrogens (tertiary/aromatic N) is 1. The van der Waals surface area contributed by atoms with Crippen molar-refractivity contribution in [2.75, 3.05) is 0 Å². The molecule has 0 saturated heterocycles. The minimum absolute atomic E-state index is 0.00147. The van der Waals surface area contributed by atoms with E-state index in [2.05, 4.69) is 25.9 Å². The molecule has 0 aliphatic heterocycles. The SMILES string of the molecule is CC(C)CC(N)C(=O)NC(CC(C)C)C(=O)NC(CC(N)=O)C(=O)NC(Cc1cnc[nH]1)C(=O)O. The molecule has 1 aromatic rings. The molecule has 13 heteroatoms. The molecule has 0 spiro atoms. The normalized spacial score (nSPS) is 14.6. The van der Waals surface area contributed by atoms with Gasteiger partial charge < -0.3 is 37.5 Å². The van der Waals surface area contributed by atoms with E-state index in [9.17, 15) is 29.1 Å². The van der Waals surface area contributed by atoms with Gasteiger partial charge in [-0.3, -0.25) is 19.2 Å². The van der Waals surface area contributed by atoms with Gasteiger partial charge in [0, 0.05) is 18.3 Å². The fourth-order valence-corrected chi connectivity index (χ4v) is 3.37. The van der Waals surface area contributed by atoms with Gasteiger partial charge in [-0.25, -0.2) is 9.78 Å². The molecule has 13 nitrogen and oxygen atoms in total. The Morgan fingerprint density at radius 3 is 1.94 bits per heavy atom. The van der Waals surface area contributed by atoms with Crippen molar-refractivity contribution < 1.29 is 29.1 Å². The number of aliphatic carboxylic acids is 1. The van der Waals surface area contributed by atoms with E-state index >= 15 is 0 Å². The Bertz CT molecular complexity index is 872. The van der Waals surface area contributed by atoms with E-state index in [1.54, 1.807) is 0 Å². The van der Waals surface area contributed by atoms with E-state index in [4.69, 9.17) is 11.5 Å². The van der Waals surface area contributed by atoms with E-state index in [0.717, 1.165) is 0 Å². The smallest absolute Gasteiger partial charge is 0.326 e. The average molecular weight is 496 g/mol. The van der Waals surface area contributed by atoms with Crippen molar-refractivity contribution in [2.45, 2.75) is 77.5 Å². The second-order valence-electron chi connectivity index (χ2n) is 9.34. The van der Waals surface area contributed by atoms with Gasteiger partial charge in [-0.05, 0) is 24.7 Å². The first kappa shape index (κ1) is 29.6. The number of hydrogen-bond acceptors (Lipinski definition) is 7. The number of imidazole rings is 1. The molecule has 0 bridgehead atoms. The lowest BCUT2D eigenvalue weighted by molar-refractivity contribution is -0.142. The standard InChI is InChI=1S/C22H37N7O6/c1-11(2)5-14(23)19(31)27-15(6-12(3)4)20(32)28-16(8-18(24)30)21(33)29-17(22(34)35)7-13-9-25-10-26-13/h9-12,14-17H,5-8,23H2,1-4H3,(H2,24,30)(H,25,26)(H,27,31)(H,28,32)(H,29,33)(H,34,35). The number of H-pyrrole nitrogens is 1. The second kappa shape index (κ2) is 14.0. The predicted molar refractivity (Wildman–Crippen MR) is 126 cm³/mol. The molecule has 1 rings (SSSR count). The van der Waals surface area contributed by atoms with Crippen molar-refractivity contribution in [3.8, 4) is 0 Å². The maximum Gasteiger partial charge on any atom is 0.326 e. The van der Waals surface area contributed by atoms with Crippen molar-refractivity contribution in [2.24, 2.45) is 23.3 Å². The number of carboxylic acid groups (broad SMARTS) is 1. The molecule has 4 unspecified atom stereocenters. The number of aromatic amines is 1. The van der Waals surface area contributed by atoms with E-state index in [1.165, 1.54) is 12.5 Å². The third kappa shape index (κ3) is 11.0. The highest BCUT2D eigenvalue weighted by atomic mass is 16.4. The van der Waals surface area contributed by atoms with Crippen LogP contribution in [0.5, 0.6) is 0 Å². The van der Waals surface area contributed by atoms with Gasteiger partial charge in [0.05, 0.1) is 18.8 Å². The summed E-state index contributed by atoms with van der Waals surface area (Å²) < 4.78 is 0. The van der Waals surface area contributed by atoms with Crippen molar-refractivity contribution in [3.63, 3.8) is 0 Å². The van der Waals surface area contributed by atoms with Crippen LogP contribution in [0.15, 0.2) is 12.5 Å². The zero-order valence-electron chi connectivity index (χ0n) is 20.5. The Kier molecular flexibility index (Phi) is 11.9. The highest BCUT2D eigenvalue weighted by Crippen LogP contribution is 2.09. The van der Waals surface area contributed by atoms with Gasteiger partial charge in [0.25, 0.3) is 0 Å². The van der Waals surface area contributed by atoms with Crippen LogP contribution < -0.4 is 27.4 Å². The summed E-state index contributed by atoms with van der Waals surface area (Å²) in [5.41, 5.74) is 11.6. The van der Waals surface area contributed by atoms with Crippen LogP contribution in [0.3, 0.4) is 0 Å². The third-order valence-electron chi connectivity index (χ3n) is 5.03. The maximum absolute atomic E-state index is 13.0. The van der Waals surface area contributed by atoms with Crippen LogP contribution in [0.2, 0.25) is 0 Å². The first-order valence-electron chi connectivity index (χ1n) is 11.4. The predicted octanol–water partition coefficient (Wildman–Crippen LogP) is -1.21. The highest BCUT2D eigenvalue weighted by molar-refractivity contribution is 5.96. The van der Waals surface area contributed by atoms with Crippen molar-refractivity contribution in [3.05, 3.63) is 18.2 Å². The van der Waals surface area contributed by atoms with E-state index in [1.807, 2.05) is 27.7 Å². The number of nitrogens with two attached hydrogens (primary N) is 2.